The van der Waals surface area contributed by atoms with Crippen LogP contribution in [-0.2, 0) is 9.47 Å². The standard InChI is InChI=1S/C23H25NO7/c1-29-23(28)19-7-2-3-8-20(19)30-14-16-9-11-24(12-10-16)15-31-22(27)18-6-4-5-17(13-18)21(25)26/h2-8,13,16H,9-12,14-15H2,1H3,(H,25,26). The van der Waals surface area contributed by atoms with E-state index in [4.69, 9.17) is 19.3 Å². The van der Waals surface area contributed by atoms with Gasteiger partial charge in [0, 0.05) is 13.1 Å². The number of piperidine rings is 1. The molecule has 0 amide bonds. The number of hydrogen-bond donors (Lipinski definition) is 1. The van der Waals surface area contributed by atoms with E-state index in [1.807, 2.05) is 11.0 Å². The van der Waals surface area contributed by atoms with Gasteiger partial charge >= 0.3 is 17.9 Å². The zero-order valence-corrected chi connectivity index (χ0v) is 17.3. The maximum atomic E-state index is 12.2. The third kappa shape index (κ3) is 6.05. The molecule has 31 heavy (non-hydrogen) atoms. The summed E-state index contributed by atoms with van der Waals surface area (Å²) in [5.41, 5.74) is 0.665. The largest absolute Gasteiger partial charge is 0.492 e. The second kappa shape index (κ2) is 10.6. The molecule has 2 aromatic carbocycles. The van der Waals surface area contributed by atoms with Gasteiger partial charge in [-0.15, -0.1) is 0 Å². The highest BCUT2D eigenvalue weighted by atomic mass is 16.5. The van der Waals surface area contributed by atoms with Crippen LogP contribution in [0.4, 0.5) is 0 Å². The van der Waals surface area contributed by atoms with Crippen molar-refractivity contribution in [2.24, 2.45) is 5.92 Å². The lowest BCUT2D eigenvalue weighted by Gasteiger charge is -2.31. The van der Waals surface area contributed by atoms with Gasteiger partial charge in [-0.25, -0.2) is 14.4 Å². The fraction of sp³-hybridized carbons (Fsp3) is 0.348. The molecule has 8 nitrogen and oxygen atoms in total. The minimum absolute atomic E-state index is 0.0454. The quantitative estimate of drug-likeness (QED) is 0.642. The van der Waals surface area contributed by atoms with Gasteiger partial charge < -0.3 is 19.3 Å². The molecule has 3 rings (SSSR count). The molecule has 1 N–H and O–H groups in total. The minimum Gasteiger partial charge on any atom is -0.492 e. The fourth-order valence-electron chi connectivity index (χ4n) is 3.37. The van der Waals surface area contributed by atoms with Crippen LogP contribution >= 0.6 is 0 Å². The molecule has 1 heterocycles. The number of ether oxygens (including phenoxy) is 3. The molecule has 0 saturated carbocycles. The zero-order valence-electron chi connectivity index (χ0n) is 17.3. The smallest absolute Gasteiger partial charge is 0.341 e. The number of carboxylic acid groups (broad SMARTS) is 1. The van der Waals surface area contributed by atoms with Crippen LogP contribution in [0.1, 0.15) is 43.9 Å². The Balaban J connectivity index is 1.43. The van der Waals surface area contributed by atoms with E-state index < -0.39 is 17.9 Å². The molecule has 1 saturated heterocycles. The molecule has 2 aromatic rings. The van der Waals surface area contributed by atoms with Crippen LogP contribution in [0.15, 0.2) is 48.5 Å². The fourth-order valence-corrected chi connectivity index (χ4v) is 3.37. The molecule has 8 heteroatoms. The third-order valence-corrected chi connectivity index (χ3v) is 5.20. The van der Waals surface area contributed by atoms with E-state index in [1.165, 1.54) is 31.4 Å². The second-order valence-corrected chi connectivity index (χ2v) is 7.31. The highest BCUT2D eigenvalue weighted by Crippen LogP contribution is 2.23. The monoisotopic (exact) mass is 427 g/mol. The topological polar surface area (TPSA) is 102 Å². The van der Waals surface area contributed by atoms with Crippen LogP contribution in [0.2, 0.25) is 0 Å². The molecule has 0 unspecified atom stereocenters. The lowest BCUT2D eigenvalue weighted by Crippen LogP contribution is -2.37. The lowest BCUT2D eigenvalue weighted by molar-refractivity contribution is 0.0102. The summed E-state index contributed by atoms with van der Waals surface area (Å²) < 4.78 is 16.0. The van der Waals surface area contributed by atoms with Gasteiger partial charge in [0.25, 0.3) is 0 Å². The predicted octanol–water partition coefficient (Wildman–Crippen LogP) is 3.08. The molecular weight excluding hydrogens is 402 g/mol. The Kier molecular flexibility index (Phi) is 7.61. The van der Waals surface area contributed by atoms with Gasteiger partial charge in [0.1, 0.15) is 18.0 Å². The number of para-hydroxylation sites is 1. The molecule has 0 aliphatic carbocycles. The number of hydrogen-bond acceptors (Lipinski definition) is 7. The van der Waals surface area contributed by atoms with Crippen molar-refractivity contribution in [2.45, 2.75) is 12.8 Å². The summed E-state index contributed by atoms with van der Waals surface area (Å²) in [4.78, 5) is 37.1. The van der Waals surface area contributed by atoms with Crippen LogP contribution in [0, 0.1) is 5.92 Å². The van der Waals surface area contributed by atoms with Crippen molar-refractivity contribution < 1.29 is 33.7 Å². The summed E-state index contributed by atoms with van der Waals surface area (Å²) in [6, 6.07) is 12.8. The van der Waals surface area contributed by atoms with Crippen LogP contribution in [0.5, 0.6) is 5.75 Å². The number of rotatable bonds is 8. The van der Waals surface area contributed by atoms with E-state index in [2.05, 4.69) is 0 Å². The van der Waals surface area contributed by atoms with Crippen molar-refractivity contribution in [3.63, 3.8) is 0 Å². The number of carbonyl (C=O) groups is 3. The molecule has 1 fully saturated rings. The van der Waals surface area contributed by atoms with Crippen molar-refractivity contribution in [1.29, 1.82) is 0 Å². The average molecular weight is 427 g/mol. The second-order valence-electron chi connectivity index (χ2n) is 7.31. The number of likely N-dealkylation sites (tertiary alicyclic amines) is 1. The third-order valence-electron chi connectivity index (χ3n) is 5.20. The summed E-state index contributed by atoms with van der Waals surface area (Å²) in [6.45, 7) is 2.13. The maximum absolute atomic E-state index is 12.2. The summed E-state index contributed by atoms with van der Waals surface area (Å²) in [5, 5.41) is 9.03. The highest BCUT2D eigenvalue weighted by Gasteiger charge is 2.22. The number of nitrogens with zero attached hydrogens (tertiary/aromatic N) is 1. The Bertz CT molecular complexity index is 935. The van der Waals surface area contributed by atoms with Crippen molar-refractivity contribution in [3.05, 3.63) is 65.2 Å². The minimum atomic E-state index is -1.09. The average Bonchev–Trinajstić information content (AvgIpc) is 2.81. The van der Waals surface area contributed by atoms with E-state index in [0.717, 1.165) is 25.9 Å². The van der Waals surface area contributed by atoms with Gasteiger partial charge in [-0.05, 0) is 49.1 Å². The van der Waals surface area contributed by atoms with Crippen molar-refractivity contribution >= 4 is 17.9 Å². The summed E-state index contributed by atoms with van der Waals surface area (Å²) in [6.07, 6.45) is 1.74. The molecule has 0 atom stereocenters. The van der Waals surface area contributed by atoms with Gasteiger partial charge in [-0.2, -0.15) is 0 Å². The van der Waals surface area contributed by atoms with E-state index in [0.29, 0.717) is 23.8 Å². The first-order valence-corrected chi connectivity index (χ1v) is 10.0. The highest BCUT2D eigenvalue weighted by molar-refractivity contribution is 5.94. The van der Waals surface area contributed by atoms with Crippen molar-refractivity contribution in [1.82, 2.24) is 4.90 Å². The molecule has 1 aliphatic heterocycles. The van der Waals surface area contributed by atoms with E-state index in [-0.39, 0.29) is 17.9 Å². The summed E-state index contributed by atoms with van der Waals surface area (Å²) in [5.74, 6) is -1.23. The molecule has 164 valence electrons. The number of aromatic carboxylic acids is 1. The Labute approximate surface area is 180 Å². The Morgan fingerprint density at radius 3 is 2.42 bits per heavy atom. The van der Waals surface area contributed by atoms with Crippen molar-refractivity contribution in [3.8, 4) is 5.75 Å². The van der Waals surface area contributed by atoms with Gasteiger partial charge in [0.05, 0.1) is 24.8 Å². The number of methoxy groups -OCH3 is 1. The normalized spacial score (nSPS) is 14.6. The van der Waals surface area contributed by atoms with E-state index >= 15 is 0 Å². The molecular formula is C23H25NO7. The van der Waals surface area contributed by atoms with Gasteiger partial charge in [-0.3, -0.25) is 4.90 Å². The lowest BCUT2D eigenvalue weighted by atomic mass is 9.98. The first kappa shape index (κ1) is 22.3. The number of carboxylic acids is 1. The molecule has 0 bridgehead atoms. The summed E-state index contributed by atoms with van der Waals surface area (Å²) in [7, 11) is 1.34. The van der Waals surface area contributed by atoms with Crippen LogP contribution in [-0.4, -0.2) is 61.5 Å². The molecule has 0 radical (unpaired) electrons. The zero-order chi connectivity index (χ0) is 22.2. The van der Waals surface area contributed by atoms with Crippen LogP contribution in [0.25, 0.3) is 0 Å². The van der Waals surface area contributed by atoms with Gasteiger partial charge in [0.15, 0.2) is 0 Å². The van der Waals surface area contributed by atoms with Crippen LogP contribution in [0.3, 0.4) is 0 Å². The SMILES string of the molecule is COC(=O)c1ccccc1OCC1CCN(COC(=O)c2cccc(C(=O)O)c2)CC1. The Morgan fingerprint density at radius 2 is 1.71 bits per heavy atom. The molecule has 0 spiro atoms. The van der Waals surface area contributed by atoms with Crippen molar-refractivity contribution in [2.75, 3.05) is 33.5 Å². The first-order valence-electron chi connectivity index (χ1n) is 10.0. The molecule has 0 aromatic heterocycles. The maximum Gasteiger partial charge on any atom is 0.341 e. The van der Waals surface area contributed by atoms with E-state index in [9.17, 15) is 14.4 Å². The van der Waals surface area contributed by atoms with Gasteiger partial charge in [-0.1, -0.05) is 18.2 Å². The van der Waals surface area contributed by atoms with Crippen LogP contribution < -0.4 is 4.74 Å². The van der Waals surface area contributed by atoms with Gasteiger partial charge in [0.2, 0.25) is 0 Å². The number of carbonyl (C=O) groups excluding carboxylic acids is 2. The summed E-state index contributed by atoms with van der Waals surface area (Å²) >= 11 is 0. The molecule has 1 aliphatic rings. The predicted molar refractivity (Wildman–Crippen MR) is 111 cm³/mol. The Morgan fingerprint density at radius 1 is 1.00 bits per heavy atom. The van der Waals surface area contributed by atoms with E-state index in [1.54, 1.807) is 18.2 Å². The first-order chi connectivity index (χ1) is 15.0. The number of esters is 2. The Hall–Kier alpha value is -3.39. The number of benzene rings is 2.